The number of sulfonamides is 1. The molecule has 0 atom stereocenters. The van der Waals surface area contributed by atoms with Gasteiger partial charge < -0.3 is 5.73 Å². The molecule has 5 nitrogen and oxygen atoms in total. The van der Waals surface area contributed by atoms with Gasteiger partial charge in [0.15, 0.2) is 0 Å². The molecular weight excluding hydrogens is 224 g/mol. The van der Waals surface area contributed by atoms with Crippen molar-refractivity contribution in [2.45, 2.75) is 4.21 Å². The third-order valence-corrected chi connectivity index (χ3v) is 4.94. The Bertz CT molecular complexity index is 447. The van der Waals surface area contributed by atoms with Gasteiger partial charge in [0.25, 0.3) is 15.9 Å². The summed E-state index contributed by atoms with van der Waals surface area (Å²) >= 11 is 0.872. The van der Waals surface area contributed by atoms with E-state index < -0.39 is 15.9 Å². The molecule has 1 aromatic heterocycles. The maximum Gasteiger partial charge on any atom is 0.258 e. The van der Waals surface area contributed by atoms with E-state index in [0.29, 0.717) is 0 Å². The van der Waals surface area contributed by atoms with Crippen LogP contribution in [0.25, 0.3) is 0 Å². The van der Waals surface area contributed by atoms with Gasteiger partial charge in [-0.05, 0) is 12.1 Å². The number of nitrogens with zero attached hydrogens (tertiary/aromatic N) is 1. The molecule has 0 aliphatic heterocycles. The van der Waals surface area contributed by atoms with E-state index in [1.165, 1.54) is 26.2 Å². The summed E-state index contributed by atoms with van der Waals surface area (Å²) in [5.74, 6) is -0.616. The Morgan fingerprint density at radius 1 is 1.43 bits per heavy atom. The number of thiophene rings is 1. The second kappa shape index (κ2) is 3.68. The fraction of sp³-hybridized carbons (Fsp3) is 0.286. The minimum absolute atomic E-state index is 0.122. The highest BCUT2D eigenvalue weighted by molar-refractivity contribution is 7.91. The second-order valence-corrected chi connectivity index (χ2v) is 6.23. The van der Waals surface area contributed by atoms with Crippen LogP contribution in [0.2, 0.25) is 0 Å². The van der Waals surface area contributed by atoms with Crippen molar-refractivity contribution in [1.82, 2.24) is 4.31 Å². The molecule has 0 saturated carbocycles. The minimum Gasteiger partial charge on any atom is -0.365 e. The normalized spacial score (nSPS) is 11.9. The predicted octanol–water partition coefficient (Wildman–Crippen LogP) is 0.0973. The summed E-state index contributed by atoms with van der Waals surface area (Å²) in [6.07, 6.45) is 0. The number of carbonyl (C=O) groups is 1. The zero-order valence-electron chi connectivity index (χ0n) is 7.72. The van der Waals surface area contributed by atoms with Crippen molar-refractivity contribution in [3.05, 3.63) is 17.0 Å². The summed E-state index contributed by atoms with van der Waals surface area (Å²) in [7, 11) is -0.586. The predicted molar refractivity (Wildman–Crippen MR) is 53.7 cm³/mol. The number of carbonyl (C=O) groups excluding carboxylic acids is 1. The molecule has 0 aliphatic carbocycles. The van der Waals surface area contributed by atoms with E-state index in [1.807, 2.05) is 0 Å². The molecule has 7 heteroatoms. The lowest BCUT2D eigenvalue weighted by atomic mass is 10.5. The molecule has 1 aromatic rings. The second-order valence-electron chi connectivity index (χ2n) is 2.77. The molecule has 0 bridgehead atoms. The average molecular weight is 234 g/mol. The molecule has 0 saturated heterocycles. The van der Waals surface area contributed by atoms with E-state index in [0.717, 1.165) is 15.6 Å². The lowest BCUT2D eigenvalue weighted by Crippen LogP contribution is -2.21. The van der Waals surface area contributed by atoms with E-state index in [4.69, 9.17) is 5.73 Å². The van der Waals surface area contributed by atoms with Crippen molar-refractivity contribution >= 4 is 27.3 Å². The lowest BCUT2D eigenvalue weighted by Gasteiger charge is -2.08. The monoisotopic (exact) mass is 234 g/mol. The Balaban J connectivity index is 3.16. The van der Waals surface area contributed by atoms with Crippen LogP contribution < -0.4 is 5.73 Å². The number of rotatable bonds is 3. The van der Waals surface area contributed by atoms with Gasteiger partial charge in [-0.2, -0.15) is 0 Å². The number of nitrogens with two attached hydrogens (primary N) is 1. The standard InChI is InChI=1S/C7H10N2O3S2/c1-9(2)14(11,12)6-4-3-5(13-6)7(8)10/h3-4H,1-2H3,(H2,8,10). The van der Waals surface area contributed by atoms with Gasteiger partial charge >= 0.3 is 0 Å². The molecule has 0 aliphatic rings. The molecule has 0 aromatic carbocycles. The largest absolute Gasteiger partial charge is 0.365 e. The van der Waals surface area contributed by atoms with Gasteiger partial charge in [0.1, 0.15) is 4.21 Å². The van der Waals surface area contributed by atoms with E-state index in [-0.39, 0.29) is 9.09 Å². The zero-order chi connectivity index (χ0) is 10.9. The molecule has 1 rings (SSSR count). The zero-order valence-corrected chi connectivity index (χ0v) is 9.35. The van der Waals surface area contributed by atoms with Gasteiger partial charge in [-0.25, -0.2) is 12.7 Å². The van der Waals surface area contributed by atoms with Crippen molar-refractivity contribution < 1.29 is 13.2 Å². The summed E-state index contributed by atoms with van der Waals surface area (Å²) in [5, 5.41) is 0. The minimum atomic E-state index is -3.45. The molecule has 78 valence electrons. The van der Waals surface area contributed by atoms with Gasteiger partial charge in [0.05, 0.1) is 4.88 Å². The van der Waals surface area contributed by atoms with Gasteiger partial charge in [-0.3, -0.25) is 4.79 Å². The highest BCUT2D eigenvalue weighted by Crippen LogP contribution is 2.23. The Morgan fingerprint density at radius 2 is 2.00 bits per heavy atom. The lowest BCUT2D eigenvalue weighted by molar-refractivity contribution is 0.100. The number of hydrogen-bond acceptors (Lipinski definition) is 4. The van der Waals surface area contributed by atoms with Crippen molar-refractivity contribution in [1.29, 1.82) is 0 Å². The number of hydrogen-bond donors (Lipinski definition) is 1. The Morgan fingerprint density at radius 3 is 2.36 bits per heavy atom. The third-order valence-electron chi connectivity index (χ3n) is 1.56. The van der Waals surface area contributed by atoms with Gasteiger partial charge in [0.2, 0.25) is 0 Å². The summed E-state index contributed by atoms with van der Waals surface area (Å²) in [6.45, 7) is 0. The molecule has 0 unspecified atom stereocenters. The van der Waals surface area contributed by atoms with Crippen LogP contribution in [-0.4, -0.2) is 32.7 Å². The molecule has 0 fully saturated rings. The number of primary amides is 1. The van der Waals surface area contributed by atoms with Crippen LogP contribution in [0.15, 0.2) is 16.3 Å². The Kier molecular flexibility index (Phi) is 2.93. The SMILES string of the molecule is CN(C)S(=O)(=O)c1ccc(C(N)=O)s1. The highest BCUT2D eigenvalue weighted by atomic mass is 32.2. The Hall–Kier alpha value is -0.920. The molecule has 0 spiro atoms. The van der Waals surface area contributed by atoms with Crippen LogP contribution in [0, 0.1) is 0 Å². The first-order valence-electron chi connectivity index (χ1n) is 3.68. The molecule has 1 heterocycles. The topological polar surface area (TPSA) is 80.5 Å². The summed E-state index contributed by atoms with van der Waals surface area (Å²) in [5.41, 5.74) is 5.01. The van der Waals surface area contributed by atoms with Gasteiger partial charge in [-0.1, -0.05) is 0 Å². The van der Waals surface area contributed by atoms with Crippen LogP contribution in [0.5, 0.6) is 0 Å². The first kappa shape index (κ1) is 11.2. The van der Waals surface area contributed by atoms with Crippen LogP contribution in [0.4, 0.5) is 0 Å². The quantitative estimate of drug-likeness (QED) is 0.805. The van der Waals surface area contributed by atoms with Crippen LogP contribution >= 0.6 is 11.3 Å². The van der Waals surface area contributed by atoms with E-state index in [1.54, 1.807) is 0 Å². The first-order chi connectivity index (χ1) is 6.35. The molecule has 1 amide bonds. The van der Waals surface area contributed by atoms with Gasteiger partial charge in [0, 0.05) is 14.1 Å². The van der Waals surface area contributed by atoms with Crippen molar-refractivity contribution in [2.24, 2.45) is 5.73 Å². The number of amides is 1. The molecule has 2 N–H and O–H groups in total. The summed E-state index contributed by atoms with van der Waals surface area (Å²) in [6, 6.07) is 2.78. The van der Waals surface area contributed by atoms with Gasteiger partial charge in [-0.15, -0.1) is 11.3 Å². The van der Waals surface area contributed by atoms with Crippen molar-refractivity contribution in [3.63, 3.8) is 0 Å². The fourth-order valence-corrected chi connectivity index (χ4v) is 3.10. The first-order valence-corrected chi connectivity index (χ1v) is 5.93. The molecule has 14 heavy (non-hydrogen) atoms. The maximum atomic E-state index is 11.6. The fourth-order valence-electron chi connectivity index (χ4n) is 0.771. The van der Waals surface area contributed by atoms with E-state index >= 15 is 0 Å². The van der Waals surface area contributed by atoms with E-state index in [9.17, 15) is 13.2 Å². The molecular formula is C7H10N2O3S2. The Labute approximate surface area is 86.2 Å². The third kappa shape index (κ3) is 1.94. The summed E-state index contributed by atoms with van der Waals surface area (Å²) in [4.78, 5) is 11.0. The van der Waals surface area contributed by atoms with Crippen LogP contribution in [0.1, 0.15) is 9.67 Å². The van der Waals surface area contributed by atoms with Crippen LogP contribution in [0.3, 0.4) is 0 Å². The smallest absolute Gasteiger partial charge is 0.258 e. The maximum absolute atomic E-state index is 11.6. The highest BCUT2D eigenvalue weighted by Gasteiger charge is 2.20. The van der Waals surface area contributed by atoms with Crippen molar-refractivity contribution in [3.8, 4) is 0 Å². The average Bonchev–Trinajstić information content (AvgIpc) is 2.51. The van der Waals surface area contributed by atoms with Crippen LogP contribution in [-0.2, 0) is 10.0 Å². The van der Waals surface area contributed by atoms with Crippen molar-refractivity contribution in [2.75, 3.05) is 14.1 Å². The summed E-state index contributed by atoms with van der Waals surface area (Å²) < 4.78 is 24.3. The molecule has 0 radical (unpaired) electrons. The van der Waals surface area contributed by atoms with E-state index in [2.05, 4.69) is 0 Å².